The van der Waals surface area contributed by atoms with E-state index in [1.54, 1.807) is 13.8 Å². The van der Waals surface area contributed by atoms with Gasteiger partial charge in [0.25, 0.3) is 0 Å². The van der Waals surface area contributed by atoms with Crippen LogP contribution in [0, 0.1) is 0 Å². The largest absolute Gasteiger partial charge is 0.388 e. The molecule has 0 bridgehead atoms. The Kier molecular flexibility index (Phi) is 21.1. The van der Waals surface area contributed by atoms with Crippen molar-refractivity contribution in [2.45, 2.75) is 142 Å². The van der Waals surface area contributed by atoms with Crippen molar-refractivity contribution in [3.05, 3.63) is 12.2 Å². The van der Waals surface area contributed by atoms with Gasteiger partial charge in [-0.2, -0.15) is 0 Å². The predicted octanol–water partition coefficient (Wildman–Crippen LogP) is 6.16. The molecule has 5 nitrogen and oxygen atoms in total. The monoisotopic (exact) mass is 444 g/mol. The summed E-state index contributed by atoms with van der Waals surface area (Å²) in [6.07, 6.45) is 15.8. The van der Waals surface area contributed by atoms with Gasteiger partial charge in [-0.15, -0.1) is 0 Å². The predicted molar refractivity (Wildman–Crippen MR) is 129 cm³/mol. The van der Waals surface area contributed by atoms with Gasteiger partial charge in [0.05, 0.1) is 6.10 Å². The molecule has 0 saturated heterocycles. The first kappa shape index (κ1) is 30.5. The fourth-order valence-corrected chi connectivity index (χ4v) is 3.73. The average molecular weight is 445 g/mol. The molecular weight excluding hydrogens is 392 g/mol. The van der Waals surface area contributed by atoms with Gasteiger partial charge in [-0.25, -0.2) is 0 Å². The molecule has 2 N–H and O–H groups in total. The minimum absolute atomic E-state index is 0.453. The van der Waals surface area contributed by atoms with Crippen molar-refractivity contribution in [2.75, 3.05) is 13.2 Å². The van der Waals surface area contributed by atoms with E-state index in [1.165, 1.54) is 64.2 Å². The Morgan fingerprint density at radius 2 is 1.19 bits per heavy atom. The molecule has 0 aromatic rings. The summed E-state index contributed by atoms with van der Waals surface area (Å²) >= 11 is 0. The number of unbranched alkanes of at least 4 members (excludes halogenated alkanes) is 11. The Morgan fingerprint density at radius 3 is 1.71 bits per heavy atom. The van der Waals surface area contributed by atoms with Gasteiger partial charge in [-0.3, -0.25) is 0 Å². The van der Waals surface area contributed by atoms with Crippen LogP contribution in [0.4, 0.5) is 0 Å². The highest BCUT2D eigenvalue weighted by molar-refractivity contribution is 4.97. The van der Waals surface area contributed by atoms with E-state index in [4.69, 9.17) is 14.2 Å². The van der Waals surface area contributed by atoms with Gasteiger partial charge in [-0.05, 0) is 40.5 Å². The van der Waals surface area contributed by atoms with E-state index in [0.717, 1.165) is 12.8 Å². The lowest BCUT2D eigenvalue weighted by molar-refractivity contribution is -0.189. The van der Waals surface area contributed by atoms with Crippen molar-refractivity contribution in [3.63, 3.8) is 0 Å². The SMILES string of the molecule is CCCCCCCCCCCCCC=C[C@H](OC(C)OCC)[C@@H](O)C(O)C(C)OCC. The van der Waals surface area contributed by atoms with Gasteiger partial charge in [0.15, 0.2) is 6.29 Å². The quantitative estimate of drug-likeness (QED) is 0.119. The maximum atomic E-state index is 10.6. The smallest absolute Gasteiger partial charge is 0.155 e. The lowest BCUT2D eigenvalue weighted by Crippen LogP contribution is -2.45. The third kappa shape index (κ3) is 16.8. The number of aliphatic hydroxyl groups excluding tert-OH is 2. The molecule has 0 spiro atoms. The van der Waals surface area contributed by atoms with Crippen LogP contribution >= 0.6 is 0 Å². The molecule has 0 fully saturated rings. The standard InChI is InChI=1S/C26H52O5/c1-6-9-10-11-12-13-14-15-16-17-18-19-20-21-24(31-23(5)30-8-3)26(28)25(27)22(4)29-7-2/h20-28H,6-19H2,1-5H3/t22?,23?,24-,25?,26+/m0/s1. The first-order valence-electron chi connectivity index (χ1n) is 12.9. The highest BCUT2D eigenvalue weighted by Crippen LogP contribution is 2.16. The summed E-state index contributed by atoms with van der Waals surface area (Å²) in [6.45, 7) is 10.6. The van der Waals surface area contributed by atoms with E-state index in [9.17, 15) is 10.2 Å². The van der Waals surface area contributed by atoms with Gasteiger partial charge in [-0.1, -0.05) is 83.3 Å². The minimum atomic E-state index is -1.07. The molecular formula is C26H52O5. The van der Waals surface area contributed by atoms with Gasteiger partial charge >= 0.3 is 0 Å². The number of hydrogen-bond acceptors (Lipinski definition) is 5. The highest BCUT2D eigenvalue weighted by Gasteiger charge is 2.31. The second-order valence-electron chi connectivity index (χ2n) is 8.52. The summed E-state index contributed by atoms with van der Waals surface area (Å²) in [4.78, 5) is 0. The average Bonchev–Trinajstić information content (AvgIpc) is 2.75. The van der Waals surface area contributed by atoms with Crippen molar-refractivity contribution >= 4 is 0 Å². The van der Waals surface area contributed by atoms with E-state index in [-0.39, 0.29) is 0 Å². The summed E-state index contributed by atoms with van der Waals surface area (Å²) < 4.78 is 16.7. The Labute approximate surface area is 192 Å². The molecule has 3 unspecified atom stereocenters. The lowest BCUT2D eigenvalue weighted by atomic mass is 10.0. The number of ether oxygens (including phenoxy) is 3. The second-order valence-corrected chi connectivity index (χ2v) is 8.52. The van der Waals surface area contributed by atoms with Crippen LogP contribution in [0.3, 0.4) is 0 Å². The van der Waals surface area contributed by atoms with Crippen LogP contribution in [0.5, 0.6) is 0 Å². The molecule has 31 heavy (non-hydrogen) atoms. The Hall–Kier alpha value is -0.460. The van der Waals surface area contributed by atoms with Gasteiger partial charge in [0, 0.05) is 13.2 Å². The molecule has 0 aromatic carbocycles. The molecule has 0 aliphatic carbocycles. The molecule has 0 radical (unpaired) electrons. The lowest BCUT2D eigenvalue weighted by Gasteiger charge is -2.30. The fraction of sp³-hybridized carbons (Fsp3) is 0.923. The third-order valence-electron chi connectivity index (χ3n) is 5.65. The number of aliphatic hydroxyl groups is 2. The molecule has 0 aliphatic heterocycles. The number of rotatable bonds is 22. The summed E-state index contributed by atoms with van der Waals surface area (Å²) in [5, 5.41) is 21.0. The van der Waals surface area contributed by atoms with Crippen LogP contribution in [0.1, 0.15) is 112 Å². The summed E-state index contributed by atoms with van der Waals surface area (Å²) in [7, 11) is 0. The van der Waals surface area contributed by atoms with Crippen molar-refractivity contribution in [1.82, 2.24) is 0 Å². The molecule has 0 aromatic heterocycles. The van der Waals surface area contributed by atoms with Crippen LogP contribution in [0.25, 0.3) is 0 Å². The van der Waals surface area contributed by atoms with Crippen LogP contribution in [0.15, 0.2) is 12.2 Å². The second kappa shape index (κ2) is 21.4. The summed E-state index contributed by atoms with van der Waals surface area (Å²) in [6, 6.07) is 0. The van der Waals surface area contributed by atoms with E-state index in [0.29, 0.717) is 13.2 Å². The summed E-state index contributed by atoms with van der Waals surface area (Å²) in [5.41, 5.74) is 0. The van der Waals surface area contributed by atoms with Crippen LogP contribution in [-0.2, 0) is 14.2 Å². The number of allylic oxidation sites excluding steroid dienone is 1. The van der Waals surface area contributed by atoms with Crippen molar-refractivity contribution in [3.8, 4) is 0 Å². The Balaban J connectivity index is 4.21. The molecule has 5 heteroatoms. The van der Waals surface area contributed by atoms with Crippen molar-refractivity contribution in [2.24, 2.45) is 0 Å². The molecule has 0 heterocycles. The maximum absolute atomic E-state index is 10.6. The first-order chi connectivity index (χ1) is 15.0. The van der Waals surface area contributed by atoms with E-state index in [1.807, 2.05) is 19.9 Å². The van der Waals surface area contributed by atoms with Crippen molar-refractivity contribution in [1.29, 1.82) is 0 Å². The molecule has 0 aliphatic rings. The zero-order valence-corrected chi connectivity index (χ0v) is 21.1. The zero-order valence-electron chi connectivity index (χ0n) is 21.1. The van der Waals surface area contributed by atoms with E-state index >= 15 is 0 Å². The van der Waals surface area contributed by atoms with Gasteiger partial charge < -0.3 is 24.4 Å². The van der Waals surface area contributed by atoms with Crippen molar-refractivity contribution < 1.29 is 24.4 Å². The Morgan fingerprint density at radius 1 is 0.677 bits per heavy atom. The molecule has 0 saturated carbocycles. The number of hydrogen-bond donors (Lipinski definition) is 2. The Bertz CT molecular complexity index is 401. The molecule has 0 amide bonds. The van der Waals surface area contributed by atoms with E-state index in [2.05, 4.69) is 13.0 Å². The van der Waals surface area contributed by atoms with Crippen LogP contribution < -0.4 is 0 Å². The zero-order chi connectivity index (χ0) is 23.3. The molecule has 5 atom stereocenters. The van der Waals surface area contributed by atoms with Gasteiger partial charge in [0.1, 0.15) is 18.3 Å². The third-order valence-corrected chi connectivity index (χ3v) is 5.65. The fourth-order valence-electron chi connectivity index (χ4n) is 3.73. The minimum Gasteiger partial charge on any atom is -0.388 e. The molecule has 186 valence electrons. The van der Waals surface area contributed by atoms with Crippen LogP contribution in [0.2, 0.25) is 0 Å². The first-order valence-corrected chi connectivity index (χ1v) is 12.9. The van der Waals surface area contributed by atoms with E-state index < -0.39 is 30.7 Å². The molecule has 0 rings (SSSR count). The highest BCUT2D eigenvalue weighted by atomic mass is 16.7. The van der Waals surface area contributed by atoms with Gasteiger partial charge in [0.2, 0.25) is 0 Å². The topological polar surface area (TPSA) is 68.2 Å². The summed E-state index contributed by atoms with van der Waals surface area (Å²) in [5.74, 6) is 0. The van der Waals surface area contributed by atoms with Crippen LogP contribution in [-0.4, -0.2) is 54.1 Å². The normalized spacial score (nSPS) is 17.0. The maximum Gasteiger partial charge on any atom is 0.155 e.